The van der Waals surface area contributed by atoms with Gasteiger partial charge < -0.3 is 20.9 Å². The Morgan fingerprint density at radius 2 is 2.07 bits per heavy atom. The van der Waals surface area contributed by atoms with Gasteiger partial charge in [-0.3, -0.25) is 0 Å². The Kier molecular flexibility index (Phi) is 7.09. The van der Waals surface area contributed by atoms with E-state index in [1.165, 1.54) is 0 Å². The van der Waals surface area contributed by atoms with Crippen LogP contribution in [0.15, 0.2) is 0 Å². The second-order valence-corrected chi connectivity index (χ2v) is 4.64. The summed E-state index contributed by atoms with van der Waals surface area (Å²) in [7, 11) is 1.69. The molecule has 0 amide bonds. The SMILES string of the molecule is COCCC(C)(CN)NC(C)CC(C)O. The third-order valence-electron chi connectivity index (χ3n) is 2.60. The van der Waals surface area contributed by atoms with Crippen LogP contribution in [0.2, 0.25) is 0 Å². The van der Waals surface area contributed by atoms with Crippen LogP contribution in [0.25, 0.3) is 0 Å². The van der Waals surface area contributed by atoms with E-state index in [-0.39, 0.29) is 17.7 Å². The van der Waals surface area contributed by atoms with Gasteiger partial charge in [0.1, 0.15) is 0 Å². The van der Waals surface area contributed by atoms with Crippen molar-refractivity contribution in [2.24, 2.45) is 5.73 Å². The smallest absolute Gasteiger partial charge is 0.0526 e. The van der Waals surface area contributed by atoms with Crippen molar-refractivity contribution in [2.75, 3.05) is 20.3 Å². The highest BCUT2D eigenvalue weighted by Crippen LogP contribution is 2.11. The molecule has 0 bridgehead atoms. The monoisotopic (exact) mass is 218 g/mol. The van der Waals surface area contributed by atoms with E-state index in [0.717, 1.165) is 12.8 Å². The molecule has 0 saturated carbocycles. The lowest BCUT2D eigenvalue weighted by Gasteiger charge is -2.33. The molecule has 0 aliphatic rings. The lowest BCUT2D eigenvalue weighted by atomic mass is 9.96. The van der Waals surface area contributed by atoms with E-state index < -0.39 is 0 Å². The molecule has 0 aliphatic carbocycles. The van der Waals surface area contributed by atoms with Crippen molar-refractivity contribution in [3.05, 3.63) is 0 Å². The van der Waals surface area contributed by atoms with Gasteiger partial charge in [-0.25, -0.2) is 0 Å². The molecule has 0 fully saturated rings. The molecule has 3 unspecified atom stereocenters. The van der Waals surface area contributed by atoms with Crippen LogP contribution >= 0.6 is 0 Å². The van der Waals surface area contributed by atoms with Gasteiger partial charge in [0.05, 0.1) is 6.10 Å². The fourth-order valence-corrected chi connectivity index (χ4v) is 1.73. The topological polar surface area (TPSA) is 67.5 Å². The van der Waals surface area contributed by atoms with Crippen LogP contribution in [0, 0.1) is 0 Å². The summed E-state index contributed by atoms with van der Waals surface area (Å²) in [5, 5.41) is 12.7. The molecular formula is C11H26N2O2. The Balaban J connectivity index is 4.05. The number of nitrogens with two attached hydrogens (primary N) is 1. The average molecular weight is 218 g/mol. The van der Waals surface area contributed by atoms with Gasteiger partial charge in [-0.1, -0.05) is 0 Å². The van der Waals surface area contributed by atoms with E-state index >= 15 is 0 Å². The molecule has 4 N–H and O–H groups in total. The van der Waals surface area contributed by atoms with Gasteiger partial charge in [-0.2, -0.15) is 0 Å². The van der Waals surface area contributed by atoms with Gasteiger partial charge in [0.15, 0.2) is 0 Å². The molecule has 4 nitrogen and oxygen atoms in total. The molecule has 0 aromatic rings. The number of aliphatic hydroxyl groups excluding tert-OH is 1. The number of hydrogen-bond acceptors (Lipinski definition) is 4. The molecule has 0 saturated heterocycles. The first kappa shape index (κ1) is 14.8. The zero-order chi connectivity index (χ0) is 11.9. The summed E-state index contributed by atoms with van der Waals surface area (Å²) in [5.74, 6) is 0. The summed E-state index contributed by atoms with van der Waals surface area (Å²) < 4.78 is 5.06. The second kappa shape index (κ2) is 7.17. The Hall–Kier alpha value is -0.160. The third kappa shape index (κ3) is 6.84. The number of rotatable bonds is 8. The number of nitrogens with one attached hydrogen (secondary N) is 1. The van der Waals surface area contributed by atoms with Crippen LogP contribution in [0.1, 0.15) is 33.6 Å². The van der Waals surface area contributed by atoms with E-state index in [4.69, 9.17) is 10.5 Å². The first-order chi connectivity index (χ1) is 6.93. The zero-order valence-electron chi connectivity index (χ0n) is 10.4. The molecule has 15 heavy (non-hydrogen) atoms. The van der Waals surface area contributed by atoms with Gasteiger partial charge in [0.25, 0.3) is 0 Å². The maximum atomic E-state index is 9.27. The Morgan fingerprint density at radius 3 is 2.47 bits per heavy atom. The molecule has 0 aromatic carbocycles. The van der Waals surface area contributed by atoms with E-state index in [1.807, 2.05) is 0 Å². The Labute approximate surface area is 93.2 Å². The highest BCUT2D eigenvalue weighted by atomic mass is 16.5. The van der Waals surface area contributed by atoms with Crippen LogP contribution < -0.4 is 11.1 Å². The average Bonchev–Trinajstić information content (AvgIpc) is 2.13. The molecule has 3 atom stereocenters. The van der Waals surface area contributed by atoms with Gasteiger partial charge in [-0.15, -0.1) is 0 Å². The quantitative estimate of drug-likeness (QED) is 0.554. The lowest BCUT2D eigenvalue weighted by Crippen LogP contribution is -2.53. The predicted molar refractivity (Wildman–Crippen MR) is 62.8 cm³/mol. The summed E-state index contributed by atoms with van der Waals surface area (Å²) in [6, 6.07) is 0.260. The van der Waals surface area contributed by atoms with Crippen molar-refractivity contribution < 1.29 is 9.84 Å². The van der Waals surface area contributed by atoms with Crippen LogP contribution in [0.4, 0.5) is 0 Å². The van der Waals surface area contributed by atoms with Crippen LogP contribution in [0.3, 0.4) is 0 Å². The molecule has 0 aliphatic heterocycles. The maximum absolute atomic E-state index is 9.27. The van der Waals surface area contributed by atoms with Crippen molar-refractivity contribution in [1.29, 1.82) is 0 Å². The highest BCUT2D eigenvalue weighted by molar-refractivity contribution is 4.86. The van der Waals surface area contributed by atoms with Crippen molar-refractivity contribution in [3.63, 3.8) is 0 Å². The molecule has 0 aromatic heterocycles. The van der Waals surface area contributed by atoms with Crippen LogP contribution in [-0.2, 0) is 4.74 Å². The zero-order valence-corrected chi connectivity index (χ0v) is 10.4. The predicted octanol–water partition coefficient (Wildman–Crippen LogP) is 0.489. The summed E-state index contributed by atoms with van der Waals surface area (Å²) in [4.78, 5) is 0. The Bertz CT molecular complexity index is 165. The van der Waals surface area contributed by atoms with Crippen LogP contribution in [-0.4, -0.2) is 43.1 Å². The molecular weight excluding hydrogens is 192 g/mol. The minimum absolute atomic E-state index is 0.107. The van der Waals surface area contributed by atoms with E-state index in [0.29, 0.717) is 13.2 Å². The molecule has 92 valence electrons. The van der Waals surface area contributed by atoms with Crippen molar-refractivity contribution in [2.45, 2.75) is 51.3 Å². The van der Waals surface area contributed by atoms with Crippen molar-refractivity contribution >= 4 is 0 Å². The fourth-order valence-electron chi connectivity index (χ4n) is 1.73. The highest BCUT2D eigenvalue weighted by Gasteiger charge is 2.24. The van der Waals surface area contributed by atoms with Gasteiger partial charge in [0.2, 0.25) is 0 Å². The van der Waals surface area contributed by atoms with E-state index in [1.54, 1.807) is 14.0 Å². The minimum Gasteiger partial charge on any atom is -0.393 e. The summed E-state index contributed by atoms with van der Waals surface area (Å²) in [6.45, 7) is 7.22. The van der Waals surface area contributed by atoms with Crippen molar-refractivity contribution in [1.82, 2.24) is 5.32 Å². The maximum Gasteiger partial charge on any atom is 0.0526 e. The summed E-state index contributed by atoms with van der Waals surface area (Å²) in [6.07, 6.45) is 1.34. The Morgan fingerprint density at radius 1 is 1.47 bits per heavy atom. The lowest BCUT2D eigenvalue weighted by molar-refractivity contribution is 0.138. The van der Waals surface area contributed by atoms with Gasteiger partial charge in [0, 0.05) is 31.8 Å². The number of aliphatic hydroxyl groups is 1. The molecule has 0 rings (SSSR count). The number of methoxy groups -OCH3 is 1. The number of hydrogen-bond donors (Lipinski definition) is 3. The minimum atomic E-state index is -0.281. The fraction of sp³-hybridized carbons (Fsp3) is 1.00. The van der Waals surface area contributed by atoms with E-state index in [2.05, 4.69) is 19.2 Å². The molecule has 0 spiro atoms. The standard InChI is InChI=1S/C11H26N2O2/c1-9(7-10(2)14)13-11(3,8-12)5-6-15-4/h9-10,13-14H,5-8,12H2,1-4H3. The van der Waals surface area contributed by atoms with E-state index in [9.17, 15) is 5.11 Å². The first-order valence-corrected chi connectivity index (χ1v) is 5.58. The molecule has 0 heterocycles. The third-order valence-corrected chi connectivity index (χ3v) is 2.60. The summed E-state index contributed by atoms with van der Waals surface area (Å²) >= 11 is 0. The normalized spacial score (nSPS) is 19.6. The van der Waals surface area contributed by atoms with Gasteiger partial charge in [-0.05, 0) is 33.6 Å². The first-order valence-electron chi connectivity index (χ1n) is 5.58. The largest absolute Gasteiger partial charge is 0.393 e. The van der Waals surface area contributed by atoms with Crippen molar-refractivity contribution in [3.8, 4) is 0 Å². The molecule has 4 heteroatoms. The van der Waals surface area contributed by atoms with Crippen LogP contribution in [0.5, 0.6) is 0 Å². The number of ether oxygens (including phenoxy) is 1. The van der Waals surface area contributed by atoms with Gasteiger partial charge >= 0.3 is 0 Å². The second-order valence-electron chi connectivity index (χ2n) is 4.64. The molecule has 0 radical (unpaired) electrons. The summed E-state index contributed by atoms with van der Waals surface area (Å²) in [5.41, 5.74) is 5.64.